The van der Waals surface area contributed by atoms with Crippen molar-refractivity contribution in [1.82, 2.24) is 0 Å². The van der Waals surface area contributed by atoms with E-state index in [0.717, 1.165) is 0 Å². The van der Waals surface area contributed by atoms with Crippen LogP contribution in [0.4, 0.5) is 0 Å². The molecule has 0 aromatic heterocycles. The highest BCUT2D eigenvalue weighted by molar-refractivity contribution is 5.72. The topological polar surface area (TPSA) is 52.6 Å². The van der Waals surface area contributed by atoms with Gasteiger partial charge in [0.2, 0.25) is 0 Å². The Labute approximate surface area is 65.5 Å². The Balaban J connectivity index is 3.60. The van der Waals surface area contributed by atoms with Crippen LogP contribution < -0.4 is 0 Å². The average Bonchev–Trinajstić information content (AvgIpc) is 1.98. The minimum Gasteiger partial charge on any atom is -0.469 e. The molecule has 0 aliphatic rings. The molecule has 0 amide bonds. The van der Waals surface area contributed by atoms with Gasteiger partial charge >= 0.3 is 11.9 Å². The second kappa shape index (κ2) is 4.71. The lowest BCUT2D eigenvalue weighted by Crippen LogP contribution is -2.19. The van der Waals surface area contributed by atoms with Crippen molar-refractivity contribution in [2.75, 3.05) is 13.7 Å². The molecule has 0 aliphatic carbocycles. The van der Waals surface area contributed by atoms with Crippen molar-refractivity contribution in [2.45, 2.75) is 13.8 Å². The SMILES string of the molecule is COC(=O)C(C)COC(C)=O. The average molecular weight is 160 g/mol. The maximum Gasteiger partial charge on any atom is 0.311 e. The van der Waals surface area contributed by atoms with E-state index in [1.165, 1.54) is 14.0 Å². The van der Waals surface area contributed by atoms with Crippen molar-refractivity contribution < 1.29 is 19.1 Å². The van der Waals surface area contributed by atoms with E-state index in [1.807, 2.05) is 0 Å². The summed E-state index contributed by atoms with van der Waals surface area (Å²) in [6.07, 6.45) is 0. The Morgan fingerprint density at radius 2 is 2.00 bits per heavy atom. The van der Waals surface area contributed by atoms with Crippen molar-refractivity contribution in [3.8, 4) is 0 Å². The summed E-state index contributed by atoms with van der Waals surface area (Å²) in [7, 11) is 1.30. The molecule has 0 saturated heterocycles. The van der Waals surface area contributed by atoms with Crippen LogP contribution in [-0.2, 0) is 19.1 Å². The summed E-state index contributed by atoms with van der Waals surface area (Å²) in [6.45, 7) is 3.01. The monoisotopic (exact) mass is 160 g/mol. The van der Waals surface area contributed by atoms with Crippen LogP contribution in [0.5, 0.6) is 0 Å². The van der Waals surface area contributed by atoms with Crippen LogP contribution in [0.2, 0.25) is 0 Å². The van der Waals surface area contributed by atoms with Crippen LogP contribution in [-0.4, -0.2) is 25.7 Å². The Morgan fingerprint density at radius 3 is 2.36 bits per heavy atom. The van der Waals surface area contributed by atoms with Gasteiger partial charge in [-0.25, -0.2) is 0 Å². The number of rotatable bonds is 3. The number of ether oxygens (including phenoxy) is 2. The fraction of sp³-hybridized carbons (Fsp3) is 0.714. The second-order valence-electron chi connectivity index (χ2n) is 2.23. The number of carbonyl (C=O) groups excluding carboxylic acids is 2. The highest BCUT2D eigenvalue weighted by Crippen LogP contribution is 1.97. The molecule has 0 rings (SSSR count). The maximum absolute atomic E-state index is 10.7. The Bertz CT molecular complexity index is 153. The van der Waals surface area contributed by atoms with Crippen LogP contribution in [0.1, 0.15) is 13.8 Å². The standard InChI is InChI=1S/C7H12O4/c1-5(7(9)10-3)4-11-6(2)8/h5H,4H2,1-3H3. The lowest BCUT2D eigenvalue weighted by atomic mass is 10.2. The Kier molecular flexibility index (Phi) is 4.26. The molecule has 64 valence electrons. The molecule has 0 aromatic rings. The van der Waals surface area contributed by atoms with Crippen LogP contribution in [0.25, 0.3) is 0 Å². The molecule has 11 heavy (non-hydrogen) atoms. The van der Waals surface area contributed by atoms with Gasteiger partial charge in [-0.2, -0.15) is 0 Å². The summed E-state index contributed by atoms with van der Waals surface area (Å²) in [5.74, 6) is -1.14. The van der Waals surface area contributed by atoms with Gasteiger partial charge in [-0.15, -0.1) is 0 Å². The van der Waals surface area contributed by atoms with Crippen molar-refractivity contribution in [3.63, 3.8) is 0 Å². The normalized spacial score (nSPS) is 11.9. The summed E-state index contributed by atoms with van der Waals surface area (Å²) in [6, 6.07) is 0. The van der Waals surface area contributed by atoms with Gasteiger partial charge in [0, 0.05) is 6.92 Å². The van der Waals surface area contributed by atoms with E-state index >= 15 is 0 Å². The molecule has 0 bridgehead atoms. The molecule has 1 atom stereocenters. The molecule has 0 aliphatic heterocycles. The lowest BCUT2D eigenvalue weighted by molar-refractivity contribution is -0.151. The molecule has 4 heteroatoms. The van der Waals surface area contributed by atoms with E-state index in [-0.39, 0.29) is 24.5 Å². The quantitative estimate of drug-likeness (QED) is 0.559. The third-order valence-electron chi connectivity index (χ3n) is 1.14. The molecular formula is C7H12O4. The zero-order valence-electron chi connectivity index (χ0n) is 6.92. The van der Waals surface area contributed by atoms with Gasteiger partial charge in [0.1, 0.15) is 6.61 Å². The van der Waals surface area contributed by atoms with E-state index in [0.29, 0.717) is 0 Å². The molecule has 0 heterocycles. The molecule has 0 fully saturated rings. The van der Waals surface area contributed by atoms with Crippen LogP contribution in [0.3, 0.4) is 0 Å². The minimum absolute atomic E-state index is 0.0853. The first-order chi connectivity index (χ1) is 5.07. The van der Waals surface area contributed by atoms with Gasteiger partial charge in [0.25, 0.3) is 0 Å². The first-order valence-corrected chi connectivity index (χ1v) is 3.29. The molecule has 4 nitrogen and oxygen atoms in total. The molecule has 0 saturated carbocycles. The van der Waals surface area contributed by atoms with E-state index < -0.39 is 0 Å². The lowest BCUT2D eigenvalue weighted by Gasteiger charge is -2.07. The summed E-state index contributed by atoms with van der Waals surface area (Å²) in [5.41, 5.74) is 0. The minimum atomic E-state index is -0.388. The van der Waals surface area contributed by atoms with Gasteiger partial charge in [0.15, 0.2) is 0 Å². The fourth-order valence-corrected chi connectivity index (χ4v) is 0.512. The summed E-state index contributed by atoms with van der Waals surface area (Å²) in [5, 5.41) is 0. The zero-order valence-corrected chi connectivity index (χ0v) is 6.92. The number of esters is 2. The third-order valence-corrected chi connectivity index (χ3v) is 1.14. The van der Waals surface area contributed by atoms with Crippen molar-refractivity contribution in [3.05, 3.63) is 0 Å². The number of hydrogen-bond acceptors (Lipinski definition) is 4. The molecule has 0 spiro atoms. The van der Waals surface area contributed by atoms with Crippen molar-refractivity contribution >= 4 is 11.9 Å². The maximum atomic E-state index is 10.7. The Morgan fingerprint density at radius 1 is 1.45 bits per heavy atom. The van der Waals surface area contributed by atoms with Crippen molar-refractivity contribution in [1.29, 1.82) is 0 Å². The largest absolute Gasteiger partial charge is 0.469 e. The van der Waals surface area contributed by atoms with E-state index in [2.05, 4.69) is 9.47 Å². The molecule has 0 N–H and O–H groups in total. The highest BCUT2D eigenvalue weighted by atomic mass is 16.5. The summed E-state index contributed by atoms with van der Waals surface area (Å²) in [4.78, 5) is 21.0. The van der Waals surface area contributed by atoms with Gasteiger partial charge in [0.05, 0.1) is 13.0 Å². The molecular weight excluding hydrogens is 148 g/mol. The first-order valence-electron chi connectivity index (χ1n) is 3.29. The predicted octanol–water partition coefficient (Wildman–Crippen LogP) is 0.359. The van der Waals surface area contributed by atoms with Gasteiger partial charge < -0.3 is 9.47 Å². The fourth-order valence-electron chi connectivity index (χ4n) is 0.512. The number of hydrogen-bond donors (Lipinski definition) is 0. The van der Waals surface area contributed by atoms with Crippen molar-refractivity contribution in [2.24, 2.45) is 5.92 Å². The van der Waals surface area contributed by atoms with E-state index in [9.17, 15) is 9.59 Å². The first kappa shape index (κ1) is 9.94. The van der Waals surface area contributed by atoms with Gasteiger partial charge in [-0.05, 0) is 6.92 Å². The van der Waals surface area contributed by atoms with Crippen LogP contribution in [0.15, 0.2) is 0 Å². The number of carbonyl (C=O) groups is 2. The van der Waals surface area contributed by atoms with Gasteiger partial charge in [-0.3, -0.25) is 9.59 Å². The molecule has 0 radical (unpaired) electrons. The Hall–Kier alpha value is -1.06. The number of methoxy groups -OCH3 is 1. The van der Waals surface area contributed by atoms with E-state index in [1.54, 1.807) is 6.92 Å². The molecule has 1 unspecified atom stereocenters. The van der Waals surface area contributed by atoms with E-state index in [4.69, 9.17) is 0 Å². The molecule has 0 aromatic carbocycles. The zero-order chi connectivity index (χ0) is 8.85. The second-order valence-corrected chi connectivity index (χ2v) is 2.23. The predicted molar refractivity (Wildman–Crippen MR) is 37.8 cm³/mol. The smallest absolute Gasteiger partial charge is 0.311 e. The highest BCUT2D eigenvalue weighted by Gasteiger charge is 2.13. The summed E-state index contributed by atoms with van der Waals surface area (Å²) < 4.78 is 9.00. The van der Waals surface area contributed by atoms with Gasteiger partial charge in [-0.1, -0.05) is 0 Å². The van der Waals surface area contributed by atoms with Crippen LogP contribution >= 0.6 is 0 Å². The third kappa shape index (κ3) is 4.36. The summed E-state index contributed by atoms with van der Waals surface area (Å²) >= 11 is 0. The van der Waals surface area contributed by atoms with Crippen LogP contribution in [0, 0.1) is 5.92 Å².